The third-order valence-electron chi connectivity index (χ3n) is 1.54. The molecule has 82 valence electrons. The quantitative estimate of drug-likeness (QED) is 0.625. The Balaban J connectivity index is 2.60. The van der Waals surface area contributed by atoms with Gasteiger partial charge in [-0.15, -0.1) is 0 Å². The lowest BCUT2D eigenvalue weighted by Crippen LogP contribution is -2.14. The van der Waals surface area contributed by atoms with Crippen molar-refractivity contribution in [2.75, 3.05) is 11.9 Å². The minimum absolute atomic E-state index is 0.00313. The Morgan fingerprint density at radius 3 is 2.80 bits per heavy atom. The van der Waals surface area contributed by atoms with Crippen molar-refractivity contribution in [1.82, 2.24) is 9.97 Å². The number of carbonyl (C=O) groups is 1. The lowest BCUT2D eigenvalue weighted by atomic mass is 10.3. The van der Waals surface area contributed by atoms with Gasteiger partial charge in [0.25, 0.3) is 0 Å². The number of anilines is 1. The summed E-state index contributed by atoms with van der Waals surface area (Å²) in [6, 6.07) is 1.42. The molecule has 15 heavy (non-hydrogen) atoms. The Hall–Kier alpha value is -0.910. The van der Waals surface area contributed by atoms with E-state index in [2.05, 4.69) is 15.3 Å². The maximum atomic E-state index is 11.3. The summed E-state index contributed by atoms with van der Waals surface area (Å²) in [4.78, 5) is 18.7. The number of aromatic nitrogens is 2. The molecule has 0 saturated carbocycles. The summed E-state index contributed by atoms with van der Waals surface area (Å²) in [7, 11) is 0. The number of nitrogens with one attached hydrogen (secondary N) is 1. The highest BCUT2D eigenvalue weighted by Crippen LogP contribution is 2.14. The van der Waals surface area contributed by atoms with E-state index in [9.17, 15) is 4.79 Å². The van der Waals surface area contributed by atoms with Crippen LogP contribution in [0, 0.1) is 0 Å². The first kappa shape index (κ1) is 12.2. The molecule has 0 aliphatic rings. The Kier molecular flexibility index (Phi) is 4.74. The van der Waals surface area contributed by atoms with Gasteiger partial charge in [0.05, 0.1) is 0 Å². The predicted octanol–water partition coefficient (Wildman–Crippen LogP) is 1.46. The lowest BCUT2D eigenvalue weighted by Gasteiger charge is -2.03. The van der Waals surface area contributed by atoms with Gasteiger partial charge in [-0.1, -0.05) is 11.6 Å². The van der Waals surface area contributed by atoms with Crippen LogP contribution >= 0.6 is 23.2 Å². The molecule has 1 rings (SSSR count). The van der Waals surface area contributed by atoms with Crippen LogP contribution in [0.25, 0.3) is 0 Å². The van der Waals surface area contributed by atoms with Crippen LogP contribution in [0.4, 0.5) is 5.82 Å². The fourth-order valence-electron chi connectivity index (χ4n) is 0.922. The summed E-state index contributed by atoms with van der Waals surface area (Å²) in [5.74, 6) is 0.119. The average molecular weight is 249 g/mol. The molecule has 1 aromatic rings. The van der Waals surface area contributed by atoms with Crippen molar-refractivity contribution < 1.29 is 4.79 Å². The number of carbonyl (C=O) groups excluding carboxylic acids is 1. The number of halogens is 2. The molecule has 1 aromatic heterocycles. The molecule has 0 bridgehead atoms. The summed E-state index contributed by atoms with van der Waals surface area (Å²) in [6.45, 7) is 0.471. The molecule has 0 spiro atoms. The van der Waals surface area contributed by atoms with Crippen molar-refractivity contribution in [3.05, 3.63) is 16.5 Å². The monoisotopic (exact) mass is 248 g/mol. The maximum Gasteiger partial charge on any atom is 0.225 e. The van der Waals surface area contributed by atoms with Gasteiger partial charge < -0.3 is 11.1 Å². The minimum atomic E-state index is -0.175. The second kappa shape index (κ2) is 5.85. The first-order valence-electron chi connectivity index (χ1n) is 4.32. The zero-order valence-corrected chi connectivity index (χ0v) is 9.35. The molecule has 1 heterocycles. The molecular formula is C8H10Cl2N4O. The van der Waals surface area contributed by atoms with Crippen molar-refractivity contribution in [2.24, 2.45) is 5.73 Å². The zero-order valence-electron chi connectivity index (χ0n) is 7.83. The van der Waals surface area contributed by atoms with Gasteiger partial charge >= 0.3 is 0 Å². The Bertz CT molecular complexity index is 338. The van der Waals surface area contributed by atoms with Crippen LogP contribution in [0.15, 0.2) is 6.07 Å². The molecule has 3 N–H and O–H groups in total. The maximum absolute atomic E-state index is 11.3. The van der Waals surface area contributed by atoms with Gasteiger partial charge in [0.15, 0.2) is 0 Å². The minimum Gasteiger partial charge on any atom is -0.330 e. The second-order valence-corrected chi connectivity index (χ2v) is 3.51. The number of nitrogens with zero attached hydrogens (tertiary/aromatic N) is 2. The van der Waals surface area contributed by atoms with Crippen molar-refractivity contribution in [3.63, 3.8) is 0 Å². The second-order valence-electron chi connectivity index (χ2n) is 2.79. The predicted molar refractivity (Wildman–Crippen MR) is 59.0 cm³/mol. The van der Waals surface area contributed by atoms with E-state index in [1.807, 2.05) is 0 Å². The SMILES string of the molecule is NCCCC(=O)Nc1cc(Cl)nc(Cl)n1. The van der Waals surface area contributed by atoms with Gasteiger partial charge in [-0.25, -0.2) is 9.97 Å². The molecule has 7 heteroatoms. The van der Waals surface area contributed by atoms with Crippen LogP contribution in [-0.4, -0.2) is 22.4 Å². The van der Waals surface area contributed by atoms with Crippen LogP contribution in [-0.2, 0) is 4.79 Å². The normalized spacial score (nSPS) is 10.1. The topological polar surface area (TPSA) is 80.9 Å². The van der Waals surface area contributed by atoms with E-state index in [1.54, 1.807) is 0 Å². The summed E-state index contributed by atoms with van der Waals surface area (Å²) in [6.07, 6.45) is 0.966. The van der Waals surface area contributed by atoms with Gasteiger partial charge in [-0.2, -0.15) is 0 Å². The molecule has 0 fully saturated rings. The lowest BCUT2D eigenvalue weighted by molar-refractivity contribution is -0.116. The summed E-state index contributed by atoms with van der Waals surface area (Å²) in [5.41, 5.74) is 5.27. The molecule has 5 nitrogen and oxygen atoms in total. The van der Waals surface area contributed by atoms with E-state index < -0.39 is 0 Å². The first-order valence-corrected chi connectivity index (χ1v) is 5.07. The molecule has 1 amide bonds. The summed E-state index contributed by atoms with van der Waals surface area (Å²) >= 11 is 11.2. The third kappa shape index (κ3) is 4.42. The van der Waals surface area contributed by atoms with Gasteiger partial charge in [-0.05, 0) is 24.6 Å². The fraction of sp³-hybridized carbons (Fsp3) is 0.375. The van der Waals surface area contributed by atoms with E-state index >= 15 is 0 Å². The van der Waals surface area contributed by atoms with Crippen LogP contribution in [0.2, 0.25) is 10.4 Å². The summed E-state index contributed by atoms with van der Waals surface area (Å²) < 4.78 is 0. The van der Waals surface area contributed by atoms with Crippen molar-refractivity contribution >= 4 is 34.9 Å². The van der Waals surface area contributed by atoms with Crippen LogP contribution in [0.3, 0.4) is 0 Å². The highest BCUT2D eigenvalue weighted by atomic mass is 35.5. The Morgan fingerprint density at radius 2 is 2.20 bits per heavy atom. The standard InChI is InChI=1S/C8H10Cl2N4O/c9-5-4-6(14-8(10)12-5)13-7(15)2-1-3-11/h4H,1-3,11H2,(H,12,13,14,15). The highest BCUT2D eigenvalue weighted by Gasteiger charge is 2.05. The van der Waals surface area contributed by atoms with Crippen LogP contribution < -0.4 is 11.1 Å². The van der Waals surface area contributed by atoms with Gasteiger partial charge in [0.2, 0.25) is 11.2 Å². The third-order valence-corrected chi connectivity index (χ3v) is 1.91. The molecule has 0 unspecified atom stereocenters. The van der Waals surface area contributed by atoms with Crippen LogP contribution in [0.1, 0.15) is 12.8 Å². The average Bonchev–Trinajstić information content (AvgIpc) is 2.13. The van der Waals surface area contributed by atoms with Crippen LogP contribution in [0.5, 0.6) is 0 Å². The van der Waals surface area contributed by atoms with Crippen molar-refractivity contribution in [1.29, 1.82) is 0 Å². The molecule has 0 saturated heterocycles. The van der Waals surface area contributed by atoms with Gasteiger partial charge in [0, 0.05) is 12.5 Å². The number of amides is 1. The molecular weight excluding hydrogens is 239 g/mol. The van der Waals surface area contributed by atoms with Gasteiger partial charge in [-0.3, -0.25) is 4.79 Å². The van der Waals surface area contributed by atoms with E-state index in [0.29, 0.717) is 25.2 Å². The van der Waals surface area contributed by atoms with Crippen molar-refractivity contribution in [3.8, 4) is 0 Å². The molecule has 0 aromatic carbocycles. The molecule has 0 atom stereocenters. The van der Waals surface area contributed by atoms with Crippen molar-refractivity contribution in [2.45, 2.75) is 12.8 Å². The molecule has 0 radical (unpaired) electrons. The number of rotatable bonds is 4. The van der Waals surface area contributed by atoms with E-state index in [1.165, 1.54) is 6.07 Å². The number of hydrogen-bond acceptors (Lipinski definition) is 4. The highest BCUT2D eigenvalue weighted by molar-refractivity contribution is 6.32. The summed E-state index contributed by atoms with van der Waals surface area (Å²) in [5, 5.41) is 2.73. The van der Waals surface area contributed by atoms with E-state index in [4.69, 9.17) is 28.9 Å². The largest absolute Gasteiger partial charge is 0.330 e. The number of nitrogens with two attached hydrogens (primary N) is 1. The Morgan fingerprint density at radius 1 is 1.47 bits per heavy atom. The zero-order chi connectivity index (χ0) is 11.3. The molecule has 0 aliphatic heterocycles. The Labute approximate surface area is 97.0 Å². The molecule has 0 aliphatic carbocycles. The number of hydrogen-bond donors (Lipinski definition) is 2. The van der Waals surface area contributed by atoms with E-state index in [-0.39, 0.29) is 16.3 Å². The first-order chi connectivity index (χ1) is 7.11. The van der Waals surface area contributed by atoms with E-state index in [0.717, 1.165) is 0 Å². The fourth-order valence-corrected chi connectivity index (χ4v) is 1.33. The van der Waals surface area contributed by atoms with Gasteiger partial charge in [0.1, 0.15) is 11.0 Å². The smallest absolute Gasteiger partial charge is 0.225 e.